The summed E-state index contributed by atoms with van der Waals surface area (Å²) in [6, 6.07) is 4.81. The molecule has 0 bridgehead atoms. The molecule has 0 atom stereocenters. The van der Waals surface area contributed by atoms with Gasteiger partial charge in [-0.3, -0.25) is 0 Å². The molecule has 12 heavy (non-hydrogen) atoms. The van der Waals surface area contributed by atoms with Crippen molar-refractivity contribution in [1.29, 1.82) is 0 Å². The molecule has 2 rings (SSSR count). The van der Waals surface area contributed by atoms with Gasteiger partial charge in [0.1, 0.15) is 4.76 Å². The molecule has 0 saturated carbocycles. The molecule has 0 fully saturated rings. The van der Waals surface area contributed by atoms with Crippen molar-refractivity contribution >= 4 is 34.3 Å². The Morgan fingerprint density at radius 2 is 2.17 bits per heavy atom. The van der Waals surface area contributed by atoms with Gasteiger partial charge in [-0.2, -0.15) is 0 Å². The third-order valence-corrected chi connectivity index (χ3v) is 2.64. The lowest BCUT2D eigenvalue weighted by atomic mass is 10.3. The summed E-state index contributed by atoms with van der Waals surface area (Å²) in [4.78, 5) is 22.6. The van der Waals surface area contributed by atoms with E-state index in [4.69, 9.17) is 11.6 Å². The molecule has 0 aliphatic carbocycles. The molecule has 1 aromatic carbocycles. The Morgan fingerprint density at radius 1 is 1.42 bits per heavy atom. The molecular weight excluding hydrogens is 198 g/mol. The summed E-state index contributed by atoms with van der Waals surface area (Å²) in [6.45, 7) is 0. The number of carbonyl (C=O) groups is 1. The summed E-state index contributed by atoms with van der Waals surface area (Å²) in [7, 11) is 0. The minimum absolute atomic E-state index is 0.345. The lowest BCUT2D eigenvalue weighted by Crippen LogP contribution is -1.98. The van der Waals surface area contributed by atoms with E-state index in [0.717, 1.165) is 11.8 Å². The first kappa shape index (κ1) is 7.76. The number of nitrogens with zero attached hydrogens (tertiary/aromatic N) is 1. The van der Waals surface area contributed by atoms with E-state index in [9.17, 15) is 9.70 Å². The first-order chi connectivity index (χ1) is 5.68. The molecular formula is C7H3ClNO2S+. The molecule has 1 aromatic rings. The van der Waals surface area contributed by atoms with Crippen molar-refractivity contribution in [2.45, 2.75) is 4.90 Å². The van der Waals surface area contributed by atoms with E-state index in [-0.39, 0.29) is 0 Å². The lowest BCUT2D eigenvalue weighted by molar-refractivity contribution is -0.342. The molecule has 0 saturated heterocycles. The van der Waals surface area contributed by atoms with Gasteiger partial charge in [-0.25, -0.2) is 4.79 Å². The molecule has 60 valence electrons. The van der Waals surface area contributed by atoms with Crippen LogP contribution in [0.2, 0.25) is 5.02 Å². The summed E-state index contributed by atoms with van der Waals surface area (Å²) >= 11 is 6.57. The largest absolute Gasteiger partial charge is 0.506 e. The third kappa shape index (κ3) is 1.04. The highest BCUT2D eigenvalue weighted by Crippen LogP contribution is 2.39. The summed E-state index contributed by atoms with van der Waals surface area (Å²) in [5, 5.41) is -0.0443. The van der Waals surface area contributed by atoms with Crippen LogP contribution in [0.25, 0.3) is 0 Å². The van der Waals surface area contributed by atoms with Gasteiger partial charge >= 0.3 is 5.24 Å². The van der Waals surface area contributed by atoms with Crippen LogP contribution in [-0.4, -0.2) is 10.00 Å². The van der Waals surface area contributed by atoms with Crippen LogP contribution < -0.4 is 0 Å². The number of amides is 1. The van der Waals surface area contributed by atoms with Crippen molar-refractivity contribution in [3.8, 4) is 0 Å². The van der Waals surface area contributed by atoms with E-state index >= 15 is 0 Å². The Morgan fingerprint density at radius 3 is 2.92 bits per heavy atom. The molecule has 5 heteroatoms. The van der Waals surface area contributed by atoms with Crippen molar-refractivity contribution in [3.63, 3.8) is 0 Å². The van der Waals surface area contributed by atoms with Crippen molar-refractivity contribution in [1.82, 2.24) is 0 Å². The SMILES string of the molecule is O=C1Sc2ccc(Cl)cc2[N+]1=O. The molecule has 1 aliphatic heterocycles. The Bertz CT molecular complexity index is 391. The van der Waals surface area contributed by atoms with Crippen LogP contribution >= 0.6 is 23.4 Å². The topological polar surface area (TPSA) is 37.1 Å². The fourth-order valence-electron chi connectivity index (χ4n) is 0.969. The molecule has 3 nitrogen and oxygen atoms in total. The maximum Gasteiger partial charge on any atom is 0.506 e. The molecule has 0 spiro atoms. The zero-order chi connectivity index (χ0) is 8.72. The van der Waals surface area contributed by atoms with Gasteiger partial charge in [0.2, 0.25) is 0 Å². The Hall–Kier alpha value is -0.870. The molecule has 0 aromatic heterocycles. The average molecular weight is 201 g/mol. The number of benzene rings is 1. The second kappa shape index (κ2) is 2.57. The number of halogens is 1. The minimum atomic E-state index is -0.507. The van der Waals surface area contributed by atoms with Gasteiger partial charge < -0.3 is 0 Å². The second-order valence-electron chi connectivity index (χ2n) is 2.27. The molecule has 1 amide bonds. The van der Waals surface area contributed by atoms with E-state index in [1.54, 1.807) is 12.1 Å². The van der Waals surface area contributed by atoms with Crippen LogP contribution in [-0.2, 0) is 0 Å². The highest BCUT2D eigenvalue weighted by Gasteiger charge is 2.39. The number of hydrogen-bond acceptors (Lipinski definition) is 3. The Balaban J connectivity index is 2.63. The number of hydrogen-bond donors (Lipinski definition) is 0. The Labute approximate surface area is 77.3 Å². The van der Waals surface area contributed by atoms with Crippen LogP contribution in [0.15, 0.2) is 23.1 Å². The number of rotatable bonds is 0. The maximum atomic E-state index is 11.0. The number of nitroso groups, excluding NO2 is 1. The zero-order valence-electron chi connectivity index (χ0n) is 5.78. The van der Waals surface area contributed by atoms with Gasteiger partial charge in [-0.15, -0.1) is 0 Å². The predicted molar refractivity (Wildman–Crippen MR) is 46.0 cm³/mol. The van der Waals surface area contributed by atoms with E-state index in [1.807, 2.05) is 0 Å². The second-order valence-corrected chi connectivity index (χ2v) is 3.70. The van der Waals surface area contributed by atoms with Crippen molar-refractivity contribution in [2.24, 2.45) is 0 Å². The first-order valence-corrected chi connectivity index (χ1v) is 4.36. The smallest absolute Gasteiger partial charge is 0.202 e. The number of carbonyl (C=O) groups excluding carboxylic acids is 1. The third-order valence-electron chi connectivity index (χ3n) is 1.50. The molecule has 1 heterocycles. The van der Waals surface area contributed by atoms with Gasteiger partial charge in [-0.05, 0) is 12.1 Å². The summed E-state index contributed by atoms with van der Waals surface area (Å²) in [6.07, 6.45) is 0. The zero-order valence-corrected chi connectivity index (χ0v) is 7.35. The minimum Gasteiger partial charge on any atom is -0.202 e. The lowest BCUT2D eigenvalue weighted by Gasteiger charge is -1.86. The summed E-state index contributed by atoms with van der Waals surface area (Å²) in [5.74, 6) is 0. The Kier molecular flexibility index (Phi) is 1.66. The van der Waals surface area contributed by atoms with Gasteiger partial charge in [0.15, 0.2) is 0 Å². The summed E-state index contributed by atoms with van der Waals surface area (Å²) in [5.41, 5.74) is 0.345. The summed E-state index contributed by atoms with van der Waals surface area (Å²) < 4.78 is 0.353. The predicted octanol–water partition coefficient (Wildman–Crippen LogP) is 2.98. The van der Waals surface area contributed by atoms with Gasteiger partial charge in [0.25, 0.3) is 5.69 Å². The molecule has 0 N–H and O–H groups in total. The van der Waals surface area contributed by atoms with E-state index < -0.39 is 5.24 Å². The van der Waals surface area contributed by atoms with Crippen molar-refractivity contribution in [3.05, 3.63) is 28.1 Å². The standard InChI is InChI=1S/C7H3ClNO2S/c8-4-1-2-6-5(3-4)9(11)7(10)12-6/h1-3H/q+1. The fourth-order valence-corrected chi connectivity index (χ4v) is 1.89. The fraction of sp³-hybridized carbons (Fsp3) is 0. The normalized spacial score (nSPS) is 15.1. The number of thioether (sulfide) groups is 1. The monoisotopic (exact) mass is 200 g/mol. The van der Waals surface area contributed by atoms with Crippen LogP contribution in [0.1, 0.15) is 0 Å². The quantitative estimate of drug-likeness (QED) is 0.605. The number of fused-ring (bicyclic) bond motifs is 1. The van der Waals surface area contributed by atoms with Crippen LogP contribution in [0, 0.1) is 4.91 Å². The van der Waals surface area contributed by atoms with Crippen LogP contribution in [0.5, 0.6) is 0 Å². The van der Waals surface area contributed by atoms with E-state index in [1.165, 1.54) is 6.07 Å². The highest BCUT2D eigenvalue weighted by molar-refractivity contribution is 8.13. The van der Waals surface area contributed by atoms with E-state index in [0.29, 0.717) is 20.4 Å². The van der Waals surface area contributed by atoms with Crippen LogP contribution in [0.4, 0.5) is 10.5 Å². The van der Waals surface area contributed by atoms with Crippen LogP contribution in [0.3, 0.4) is 0 Å². The first-order valence-electron chi connectivity index (χ1n) is 3.17. The van der Waals surface area contributed by atoms with Gasteiger partial charge in [-0.1, -0.05) is 11.6 Å². The van der Waals surface area contributed by atoms with Gasteiger partial charge in [0, 0.05) is 27.8 Å². The van der Waals surface area contributed by atoms with Crippen molar-refractivity contribution < 1.29 is 9.55 Å². The maximum absolute atomic E-state index is 11.0. The molecule has 0 unspecified atom stereocenters. The van der Waals surface area contributed by atoms with Gasteiger partial charge in [0.05, 0.1) is 4.90 Å². The van der Waals surface area contributed by atoms with Crippen molar-refractivity contribution in [2.75, 3.05) is 0 Å². The van der Waals surface area contributed by atoms with E-state index in [2.05, 4.69) is 0 Å². The molecule has 0 radical (unpaired) electrons. The highest BCUT2D eigenvalue weighted by atomic mass is 35.5. The molecule has 1 aliphatic rings. The average Bonchev–Trinajstić information content (AvgIpc) is 2.31.